The summed E-state index contributed by atoms with van der Waals surface area (Å²) in [6, 6.07) is 9.04. The first-order chi connectivity index (χ1) is 11.3. The van der Waals surface area contributed by atoms with E-state index in [1.54, 1.807) is 6.33 Å². The lowest BCUT2D eigenvalue weighted by atomic mass is 10.2. The maximum Gasteiger partial charge on any atom is 0.134 e. The molecule has 23 heavy (non-hydrogen) atoms. The second kappa shape index (κ2) is 7.37. The topological polar surface area (TPSA) is 53.1 Å². The largest absolute Gasteiger partial charge is 0.373 e. The molecule has 1 unspecified atom stereocenters. The molecule has 0 spiro atoms. The number of halogens is 1. The van der Waals surface area contributed by atoms with E-state index in [1.807, 2.05) is 25.2 Å². The van der Waals surface area contributed by atoms with Crippen LogP contribution in [0.15, 0.2) is 36.7 Å². The number of hydrogen-bond donors (Lipinski definition) is 2. The van der Waals surface area contributed by atoms with Crippen LogP contribution in [0.4, 0.5) is 16.0 Å². The molecule has 3 rings (SSSR count). The minimum absolute atomic E-state index is 0.195. The highest BCUT2D eigenvalue weighted by atomic mass is 19.1. The Morgan fingerprint density at radius 1 is 1.26 bits per heavy atom. The van der Waals surface area contributed by atoms with Crippen LogP contribution in [0, 0.1) is 5.82 Å². The fourth-order valence-corrected chi connectivity index (χ4v) is 2.98. The van der Waals surface area contributed by atoms with Crippen molar-refractivity contribution in [2.45, 2.75) is 25.4 Å². The molecule has 1 fully saturated rings. The molecular formula is C17H22FN5. The first-order valence-corrected chi connectivity index (χ1v) is 7.98. The summed E-state index contributed by atoms with van der Waals surface area (Å²) in [5.41, 5.74) is 1.09. The second-order valence-corrected chi connectivity index (χ2v) is 5.76. The van der Waals surface area contributed by atoms with Gasteiger partial charge in [0, 0.05) is 38.8 Å². The molecule has 0 radical (unpaired) electrons. The third kappa shape index (κ3) is 3.96. The lowest BCUT2D eigenvalue weighted by Gasteiger charge is -2.26. The predicted molar refractivity (Wildman–Crippen MR) is 90.1 cm³/mol. The van der Waals surface area contributed by atoms with Gasteiger partial charge in [-0.2, -0.15) is 0 Å². The lowest BCUT2D eigenvalue weighted by molar-refractivity contribution is 0.569. The van der Waals surface area contributed by atoms with Crippen LogP contribution in [-0.2, 0) is 6.54 Å². The summed E-state index contributed by atoms with van der Waals surface area (Å²) in [4.78, 5) is 10.9. The van der Waals surface area contributed by atoms with Gasteiger partial charge in [-0.25, -0.2) is 14.4 Å². The fraction of sp³-hybridized carbons (Fsp3) is 0.412. The summed E-state index contributed by atoms with van der Waals surface area (Å²) >= 11 is 0. The van der Waals surface area contributed by atoms with Crippen molar-refractivity contribution in [3.8, 4) is 0 Å². The zero-order chi connectivity index (χ0) is 16.1. The quantitative estimate of drug-likeness (QED) is 0.857. The number of nitrogens with one attached hydrogen (secondary N) is 2. The van der Waals surface area contributed by atoms with Gasteiger partial charge in [0.2, 0.25) is 0 Å². The molecule has 0 saturated carbocycles. The van der Waals surface area contributed by atoms with Crippen LogP contribution in [0.2, 0.25) is 0 Å². The van der Waals surface area contributed by atoms with Crippen LogP contribution >= 0.6 is 0 Å². The third-order valence-electron chi connectivity index (χ3n) is 4.20. The van der Waals surface area contributed by atoms with Gasteiger partial charge in [0.15, 0.2) is 0 Å². The van der Waals surface area contributed by atoms with Gasteiger partial charge < -0.3 is 15.5 Å². The number of anilines is 2. The molecule has 2 aromatic rings. The highest BCUT2D eigenvalue weighted by Crippen LogP contribution is 2.24. The van der Waals surface area contributed by atoms with Gasteiger partial charge in [0.25, 0.3) is 0 Å². The Labute approximate surface area is 136 Å². The Morgan fingerprint density at radius 2 is 2.09 bits per heavy atom. The van der Waals surface area contributed by atoms with Crippen LogP contribution in [0.25, 0.3) is 0 Å². The summed E-state index contributed by atoms with van der Waals surface area (Å²) in [5, 5.41) is 6.52. The van der Waals surface area contributed by atoms with Crippen molar-refractivity contribution in [2.24, 2.45) is 0 Å². The van der Waals surface area contributed by atoms with Crippen LogP contribution < -0.4 is 15.5 Å². The zero-order valence-electron chi connectivity index (χ0n) is 13.3. The molecule has 122 valence electrons. The van der Waals surface area contributed by atoms with Gasteiger partial charge in [-0.05, 0) is 30.5 Å². The maximum atomic E-state index is 12.9. The minimum Gasteiger partial charge on any atom is -0.373 e. The van der Waals surface area contributed by atoms with Crippen LogP contribution in [-0.4, -0.2) is 36.1 Å². The van der Waals surface area contributed by atoms with Crippen molar-refractivity contribution in [1.82, 2.24) is 15.3 Å². The van der Waals surface area contributed by atoms with Gasteiger partial charge in [-0.1, -0.05) is 12.1 Å². The molecule has 1 saturated heterocycles. The van der Waals surface area contributed by atoms with Crippen molar-refractivity contribution in [1.29, 1.82) is 0 Å². The standard InChI is InChI=1S/C17H22FN5/c1-19-16-9-17(22-12-21-16)23-8-2-3-15(23)11-20-10-13-4-6-14(18)7-5-13/h4-7,9,12,15,20H,2-3,8,10-11H2,1H3,(H,19,21,22). The van der Waals surface area contributed by atoms with Crippen molar-refractivity contribution >= 4 is 11.6 Å². The molecule has 1 atom stereocenters. The van der Waals surface area contributed by atoms with Gasteiger partial charge in [-0.15, -0.1) is 0 Å². The molecule has 2 N–H and O–H groups in total. The summed E-state index contributed by atoms with van der Waals surface area (Å²) in [7, 11) is 1.86. The normalized spacial score (nSPS) is 17.5. The van der Waals surface area contributed by atoms with Gasteiger partial charge in [0.05, 0.1) is 0 Å². The molecule has 1 aliphatic heterocycles. The number of nitrogens with zero attached hydrogens (tertiary/aromatic N) is 3. The van der Waals surface area contributed by atoms with E-state index in [0.29, 0.717) is 6.04 Å². The molecule has 6 heteroatoms. The molecule has 0 amide bonds. The first kappa shape index (κ1) is 15.7. The molecule has 1 aromatic carbocycles. The predicted octanol–water partition coefficient (Wildman–Crippen LogP) is 2.42. The molecule has 1 aliphatic rings. The first-order valence-electron chi connectivity index (χ1n) is 7.98. The maximum absolute atomic E-state index is 12.9. The Bertz CT molecular complexity index is 631. The van der Waals surface area contributed by atoms with E-state index in [0.717, 1.165) is 43.3 Å². The van der Waals surface area contributed by atoms with Gasteiger partial charge in [0.1, 0.15) is 23.8 Å². The number of hydrogen-bond acceptors (Lipinski definition) is 5. The Morgan fingerprint density at radius 3 is 2.87 bits per heavy atom. The zero-order valence-corrected chi connectivity index (χ0v) is 13.3. The average molecular weight is 315 g/mol. The van der Waals surface area contributed by atoms with Crippen molar-refractivity contribution in [3.63, 3.8) is 0 Å². The fourth-order valence-electron chi connectivity index (χ4n) is 2.98. The summed E-state index contributed by atoms with van der Waals surface area (Å²) in [5.74, 6) is 1.61. The highest BCUT2D eigenvalue weighted by Gasteiger charge is 2.25. The molecule has 0 bridgehead atoms. The summed E-state index contributed by atoms with van der Waals surface area (Å²) in [6.07, 6.45) is 3.92. The number of benzene rings is 1. The summed E-state index contributed by atoms with van der Waals surface area (Å²) < 4.78 is 12.9. The van der Waals surface area contributed by atoms with E-state index >= 15 is 0 Å². The Kier molecular flexibility index (Phi) is 5.02. The van der Waals surface area contributed by atoms with Crippen molar-refractivity contribution in [3.05, 3.63) is 48.0 Å². The van der Waals surface area contributed by atoms with Crippen molar-refractivity contribution in [2.75, 3.05) is 30.4 Å². The van der Waals surface area contributed by atoms with E-state index in [1.165, 1.54) is 18.6 Å². The van der Waals surface area contributed by atoms with Crippen molar-refractivity contribution < 1.29 is 4.39 Å². The van der Waals surface area contributed by atoms with E-state index in [9.17, 15) is 4.39 Å². The SMILES string of the molecule is CNc1cc(N2CCCC2CNCc2ccc(F)cc2)ncn1. The van der Waals surface area contributed by atoms with E-state index in [4.69, 9.17) is 0 Å². The molecular weight excluding hydrogens is 293 g/mol. The van der Waals surface area contributed by atoms with Crippen LogP contribution in [0.5, 0.6) is 0 Å². The number of aromatic nitrogens is 2. The minimum atomic E-state index is -0.195. The molecule has 5 nitrogen and oxygen atoms in total. The Balaban J connectivity index is 1.57. The highest BCUT2D eigenvalue weighted by molar-refractivity contribution is 5.49. The Hall–Kier alpha value is -2.21. The second-order valence-electron chi connectivity index (χ2n) is 5.76. The number of rotatable bonds is 6. The lowest BCUT2D eigenvalue weighted by Crippen LogP contribution is -2.38. The van der Waals surface area contributed by atoms with Gasteiger partial charge >= 0.3 is 0 Å². The van der Waals surface area contributed by atoms with Crippen LogP contribution in [0.3, 0.4) is 0 Å². The van der Waals surface area contributed by atoms with E-state index in [2.05, 4.69) is 25.5 Å². The van der Waals surface area contributed by atoms with E-state index < -0.39 is 0 Å². The third-order valence-corrected chi connectivity index (χ3v) is 4.20. The smallest absolute Gasteiger partial charge is 0.134 e. The van der Waals surface area contributed by atoms with E-state index in [-0.39, 0.29) is 5.82 Å². The summed E-state index contributed by atoms with van der Waals surface area (Å²) in [6.45, 7) is 2.65. The molecule has 0 aliphatic carbocycles. The van der Waals surface area contributed by atoms with Gasteiger partial charge in [-0.3, -0.25) is 0 Å². The van der Waals surface area contributed by atoms with Crippen LogP contribution in [0.1, 0.15) is 18.4 Å². The average Bonchev–Trinajstić information content (AvgIpc) is 3.05. The molecule has 1 aromatic heterocycles. The monoisotopic (exact) mass is 315 g/mol. The molecule has 2 heterocycles.